The van der Waals surface area contributed by atoms with Gasteiger partial charge >= 0.3 is 0 Å². The van der Waals surface area contributed by atoms with Gasteiger partial charge in [-0.1, -0.05) is 12.2 Å². The van der Waals surface area contributed by atoms with Crippen LogP contribution in [-0.2, 0) is 4.79 Å². The number of likely N-dealkylation sites (N-methyl/N-ethyl adjacent to an activating group) is 2. The highest BCUT2D eigenvalue weighted by molar-refractivity contribution is 5.99. The van der Waals surface area contributed by atoms with E-state index in [4.69, 9.17) is 0 Å². The van der Waals surface area contributed by atoms with Crippen LogP contribution < -0.4 is 0 Å². The summed E-state index contributed by atoms with van der Waals surface area (Å²) in [5.41, 5.74) is 0. The van der Waals surface area contributed by atoms with E-state index in [0.717, 1.165) is 13.1 Å². The lowest BCUT2D eigenvalue weighted by Crippen LogP contribution is -2.11. The molecule has 0 spiro atoms. The normalized spacial score (nSPS) is 12.4. The summed E-state index contributed by atoms with van der Waals surface area (Å²) in [4.78, 5) is 15.2. The molecule has 80 valence electrons. The molecule has 0 heterocycles. The zero-order chi connectivity index (χ0) is 11.0. The molecule has 0 rings (SSSR count). The van der Waals surface area contributed by atoms with Crippen LogP contribution in [0.2, 0.25) is 0 Å². The van der Waals surface area contributed by atoms with Crippen LogP contribution in [-0.4, -0.2) is 56.9 Å². The average Bonchev–Trinajstić information content (AvgIpc) is 2.02. The number of hydrogen-bond donors (Lipinski definition) is 0. The SMILES string of the molecule is CN(C)CC=CC(=O)C=CCN(C)C. The van der Waals surface area contributed by atoms with Crippen molar-refractivity contribution in [3.8, 4) is 0 Å². The summed E-state index contributed by atoms with van der Waals surface area (Å²) in [5, 5.41) is 0. The number of rotatable bonds is 6. The number of allylic oxidation sites excluding steroid dienone is 2. The molecule has 0 aliphatic carbocycles. The van der Waals surface area contributed by atoms with E-state index in [9.17, 15) is 4.79 Å². The molecule has 0 unspecified atom stereocenters. The van der Waals surface area contributed by atoms with Crippen molar-refractivity contribution in [1.82, 2.24) is 9.80 Å². The van der Waals surface area contributed by atoms with E-state index in [1.165, 1.54) is 0 Å². The third-order valence-corrected chi connectivity index (χ3v) is 1.51. The molecule has 3 heteroatoms. The second-order valence-corrected chi connectivity index (χ2v) is 3.73. The molecule has 0 fully saturated rings. The second-order valence-electron chi connectivity index (χ2n) is 3.73. The number of hydrogen-bond acceptors (Lipinski definition) is 3. The van der Waals surface area contributed by atoms with Crippen LogP contribution in [0.1, 0.15) is 0 Å². The summed E-state index contributed by atoms with van der Waals surface area (Å²) in [7, 11) is 7.88. The Balaban J connectivity index is 3.75. The van der Waals surface area contributed by atoms with Gasteiger partial charge in [0.1, 0.15) is 0 Å². The van der Waals surface area contributed by atoms with Crippen molar-refractivity contribution in [2.45, 2.75) is 0 Å². The van der Waals surface area contributed by atoms with Gasteiger partial charge in [-0.15, -0.1) is 0 Å². The Morgan fingerprint density at radius 3 is 1.57 bits per heavy atom. The average molecular weight is 196 g/mol. The summed E-state index contributed by atoms with van der Waals surface area (Å²) < 4.78 is 0. The van der Waals surface area contributed by atoms with E-state index in [0.29, 0.717) is 0 Å². The minimum absolute atomic E-state index is 0.0497. The van der Waals surface area contributed by atoms with Crippen molar-refractivity contribution in [3.63, 3.8) is 0 Å². The largest absolute Gasteiger partial charge is 0.306 e. The first-order valence-corrected chi connectivity index (χ1v) is 4.69. The topological polar surface area (TPSA) is 23.6 Å². The fourth-order valence-corrected chi connectivity index (χ4v) is 0.815. The van der Waals surface area contributed by atoms with Crippen molar-refractivity contribution in [2.24, 2.45) is 0 Å². The van der Waals surface area contributed by atoms with Crippen molar-refractivity contribution in [2.75, 3.05) is 41.3 Å². The number of carbonyl (C=O) groups excluding carboxylic acids is 1. The first-order valence-electron chi connectivity index (χ1n) is 4.69. The summed E-state index contributed by atoms with van der Waals surface area (Å²) in [6.45, 7) is 1.60. The van der Waals surface area contributed by atoms with Gasteiger partial charge in [-0.3, -0.25) is 4.79 Å². The van der Waals surface area contributed by atoms with Crippen LogP contribution in [0.3, 0.4) is 0 Å². The van der Waals surface area contributed by atoms with Gasteiger partial charge in [0.15, 0.2) is 5.78 Å². The lowest BCUT2D eigenvalue weighted by Gasteiger charge is -2.03. The molecule has 0 bridgehead atoms. The molecule has 3 nitrogen and oxygen atoms in total. The fraction of sp³-hybridized carbons (Fsp3) is 0.545. The Bertz CT molecular complexity index is 195. The highest BCUT2D eigenvalue weighted by Crippen LogP contribution is 1.84. The predicted octanol–water partition coefficient (Wildman–Crippen LogP) is 0.791. The molecule has 0 saturated carbocycles. The van der Waals surface area contributed by atoms with E-state index in [1.54, 1.807) is 12.2 Å². The molecule has 0 N–H and O–H groups in total. The highest BCUT2D eigenvalue weighted by Gasteiger charge is 1.89. The standard InChI is InChI=1S/C11H20N2O/c1-12(2)9-5-7-11(14)8-6-10-13(3)4/h5-8H,9-10H2,1-4H3. The van der Waals surface area contributed by atoms with Crippen LogP contribution in [0.25, 0.3) is 0 Å². The molecular formula is C11H20N2O. The fourth-order valence-electron chi connectivity index (χ4n) is 0.815. The lowest BCUT2D eigenvalue weighted by atomic mass is 10.3. The summed E-state index contributed by atoms with van der Waals surface area (Å²) in [5.74, 6) is 0.0497. The lowest BCUT2D eigenvalue weighted by molar-refractivity contribution is -0.110. The first kappa shape index (κ1) is 13.1. The van der Waals surface area contributed by atoms with Gasteiger partial charge in [0, 0.05) is 13.1 Å². The van der Waals surface area contributed by atoms with Crippen LogP contribution in [0.15, 0.2) is 24.3 Å². The third kappa shape index (κ3) is 9.16. The molecule has 0 aromatic rings. The first-order chi connectivity index (χ1) is 6.52. The summed E-state index contributed by atoms with van der Waals surface area (Å²) >= 11 is 0. The van der Waals surface area contributed by atoms with Gasteiger partial charge in [0.2, 0.25) is 0 Å². The molecule has 0 aliphatic heterocycles. The molecule has 0 saturated heterocycles. The number of carbonyl (C=O) groups is 1. The molecule has 0 aromatic carbocycles. The van der Waals surface area contributed by atoms with E-state index in [1.807, 2.05) is 50.1 Å². The van der Waals surface area contributed by atoms with Crippen LogP contribution >= 0.6 is 0 Å². The Morgan fingerprint density at radius 1 is 0.929 bits per heavy atom. The minimum atomic E-state index is 0.0497. The maximum absolute atomic E-state index is 11.2. The Morgan fingerprint density at radius 2 is 1.29 bits per heavy atom. The van der Waals surface area contributed by atoms with Gasteiger partial charge in [-0.05, 0) is 40.3 Å². The van der Waals surface area contributed by atoms with E-state index in [2.05, 4.69) is 0 Å². The van der Waals surface area contributed by atoms with Crippen LogP contribution in [0.5, 0.6) is 0 Å². The van der Waals surface area contributed by atoms with Gasteiger partial charge in [-0.25, -0.2) is 0 Å². The monoisotopic (exact) mass is 196 g/mol. The highest BCUT2D eigenvalue weighted by atomic mass is 16.1. The molecule has 0 atom stereocenters. The zero-order valence-electron chi connectivity index (χ0n) is 9.53. The molecule has 0 aromatic heterocycles. The van der Waals surface area contributed by atoms with E-state index in [-0.39, 0.29) is 5.78 Å². The molecule has 0 radical (unpaired) electrons. The zero-order valence-corrected chi connectivity index (χ0v) is 9.53. The molecule has 0 amide bonds. The van der Waals surface area contributed by atoms with Crippen molar-refractivity contribution >= 4 is 5.78 Å². The molecule has 0 aliphatic rings. The minimum Gasteiger partial charge on any atom is -0.306 e. The maximum Gasteiger partial charge on any atom is 0.178 e. The van der Waals surface area contributed by atoms with Crippen molar-refractivity contribution in [1.29, 1.82) is 0 Å². The quantitative estimate of drug-likeness (QED) is 0.587. The maximum atomic E-state index is 11.2. The van der Waals surface area contributed by atoms with Gasteiger partial charge in [-0.2, -0.15) is 0 Å². The summed E-state index contributed by atoms with van der Waals surface area (Å²) in [6.07, 6.45) is 6.93. The van der Waals surface area contributed by atoms with Crippen molar-refractivity contribution < 1.29 is 4.79 Å². The number of nitrogens with zero attached hydrogens (tertiary/aromatic N) is 2. The van der Waals surface area contributed by atoms with Crippen LogP contribution in [0, 0.1) is 0 Å². The van der Waals surface area contributed by atoms with E-state index < -0.39 is 0 Å². The molecule has 14 heavy (non-hydrogen) atoms. The molecular weight excluding hydrogens is 176 g/mol. The Kier molecular flexibility index (Phi) is 6.98. The smallest absolute Gasteiger partial charge is 0.178 e. The second kappa shape index (κ2) is 7.47. The van der Waals surface area contributed by atoms with Gasteiger partial charge < -0.3 is 9.80 Å². The predicted molar refractivity (Wildman–Crippen MR) is 60.4 cm³/mol. The van der Waals surface area contributed by atoms with Crippen molar-refractivity contribution in [3.05, 3.63) is 24.3 Å². The van der Waals surface area contributed by atoms with Crippen LogP contribution in [0.4, 0.5) is 0 Å². The Labute approximate surface area is 86.7 Å². The van der Waals surface area contributed by atoms with E-state index >= 15 is 0 Å². The summed E-state index contributed by atoms with van der Waals surface area (Å²) in [6, 6.07) is 0. The van der Waals surface area contributed by atoms with Gasteiger partial charge in [0.25, 0.3) is 0 Å². The van der Waals surface area contributed by atoms with Gasteiger partial charge in [0.05, 0.1) is 0 Å². The number of ketones is 1. The third-order valence-electron chi connectivity index (χ3n) is 1.51. The Hall–Kier alpha value is -0.930.